The summed E-state index contributed by atoms with van der Waals surface area (Å²) in [5.41, 5.74) is 0.526. The number of esters is 1. The van der Waals surface area contributed by atoms with Crippen molar-refractivity contribution in [1.82, 2.24) is 0 Å². The fraction of sp³-hybridized carbons (Fsp3) is 0.308. The minimum absolute atomic E-state index is 0.292. The molecule has 0 N–H and O–H groups in total. The first-order valence-electron chi connectivity index (χ1n) is 5.34. The lowest BCUT2D eigenvalue weighted by Gasteiger charge is -2.18. The van der Waals surface area contributed by atoms with Crippen LogP contribution in [0.3, 0.4) is 0 Å². The van der Waals surface area contributed by atoms with Crippen LogP contribution in [0.2, 0.25) is 0 Å². The largest absolute Gasteiger partial charge is 0.455 e. The molecule has 2 nitrogen and oxygen atoms in total. The molecule has 0 radical (unpaired) electrons. The zero-order valence-electron chi connectivity index (χ0n) is 8.80. The van der Waals surface area contributed by atoms with E-state index >= 15 is 0 Å². The number of carbonyl (C=O) groups is 1. The van der Waals surface area contributed by atoms with E-state index in [2.05, 4.69) is 0 Å². The van der Waals surface area contributed by atoms with E-state index in [0.29, 0.717) is 18.4 Å². The molecule has 16 heavy (non-hydrogen) atoms. The second-order valence-electron chi connectivity index (χ2n) is 3.79. The Hall–Kier alpha value is -1.64. The number of ether oxygens (including phenoxy) is 1. The van der Waals surface area contributed by atoms with Crippen LogP contribution in [-0.2, 0) is 4.74 Å². The van der Waals surface area contributed by atoms with Gasteiger partial charge in [-0.15, -0.1) is 0 Å². The van der Waals surface area contributed by atoms with Crippen molar-refractivity contribution in [3.63, 3.8) is 0 Å². The first-order valence-corrected chi connectivity index (χ1v) is 5.34. The maximum Gasteiger partial charge on any atom is 0.338 e. The molecular weight excluding hydrogens is 207 g/mol. The molecule has 0 aliphatic heterocycles. The van der Waals surface area contributed by atoms with Crippen LogP contribution in [0.15, 0.2) is 42.5 Å². The second-order valence-corrected chi connectivity index (χ2v) is 3.79. The van der Waals surface area contributed by atoms with Crippen molar-refractivity contribution in [2.75, 3.05) is 0 Å². The van der Waals surface area contributed by atoms with E-state index in [1.165, 1.54) is 6.08 Å². The predicted molar refractivity (Wildman–Crippen MR) is 58.9 cm³/mol. The van der Waals surface area contributed by atoms with Crippen LogP contribution in [0.5, 0.6) is 0 Å². The van der Waals surface area contributed by atoms with Gasteiger partial charge < -0.3 is 4.74 Å². The number of allylic oxidation sites excluding steroid dienone is 1. The summed E-state index contributed by atoms with van der Waals surface area (Å²) in [5, 5.41) is 0. The van der Waals surface area contributed by atoms with Crippen molar-refractivity contribution in [2.24, 2.45) is 0 Å². The first-order chi connectivity index (χ1) is 7.75. The molecule has 1 aliphatic carbocycles. The maximum absolute atomic E-state index is 12.8. The highest BCUT2D eigenvalue weighted by Crippen LogP contribution is 2.17. The van der Waals surface area contributed by atoms with Crippen LogP contribution in [0.25, 0.3) is 0 Å². The Morgan fingerprint density at radius 3 is 2.56 bits per heavy atom. The summed E-state index contributed by atoms with van der Waals surface area (Å²) in [6.45, 7) is 0. The van der Waals surface area contributed by atoms with Gasteiger partial charge in [0.1, 0.15) is 12.3 Å². The highest BCUT2D eigenvalue weighted by atomic mass is 19.1. The molecule has 0 amide bonds. The number of halogens is 1. The van der Waals surface area contributed by atoms with E-state index in [1.54, 1.807) is 30.3 Å². The standard InChI is InChI=1S/C13H13FO2/c14-11-6-8-12(9-7-11)16-13(15)10-4-2-1-3-5-10/h1-6,8,11-12H,7,9H2/t11-,12-/m1/s1. The first kappa shape index (κ1) is 10.9. The molecule has 0 saturated carbocycles. The topological polar surface area (TPSA) is 26.3 Å². The van der Waals surface area contributed by atoms with E-state index in [9.17, 15) is 9.18 Å². The van der Waals surface area contributed by atoms with E-state index < -0.39 is 6.17 Å². The molecule has 0 aromatic heterocycles. The summed E-state index contributed by atoms with van der Waals surface area (Å²) < 4.78 is 18.0. The van der Waals surface area contributed by atoms with Gasteiger partial charge in [-0.25, -0.2) is 9.18 Å². The Bertz CT molecular complexity index is 386. The van der Waals surface area contributed by atoms with Crippen LogP contribution in [0, 0.1) is 0 Å². The highest BCUT2D eigenvalue weighted by molar-refractivity contribution is 5.89. The molecule has 0 bridgehead atoms. The van der Waals surface area contributed by atoms with Crippen LogP contribution < -0.4 is 0 Å². The fourth-order valence-electron chi connectivity index (χ4n) is 1.64. The van der Waals surface area contributed by atoms with Gasteiger partial charge in [0.2, 0.25) is 0 Å². The molecule has 0 saturated heterocycles. The summed E-state index contributed by atoms with van der Waals surface area (Å²) in [7, 11) is 0. The normalized spacial score (nSPS) is 24.1. The Kier molecular flexibility index (Phi) is 3.34. The van der Waals surface area contributed by atoms with Crippen LogP contribution in [0.4, 0.5) is 4.39 Å². The summed E-state index contributed by atoms with van der Waals surface area (Å²) in [5.74, 6) is -0.354. The Morgan fingerprint density at radius 2 is 1.94 bits per heavy atom. The van der Waals surface area contributed by atoms with Crippen LogP contribution >= 0.6 is 0 Å². The van der Waals surface area contributed by atoms with Gasteiger partial charge in [-0.1, -0.05) is 24.3 Å². The SMILES string of the molecule is O=C(O[C@@H]1C=C[C@@H](F)CC1)c1ccccc1. The highest BCUT2D eigenvalue weighted by Gasteiger charge is 2.18. The quantitative estimate of drug-likeness (QED) is 0.566. The Balaban J connectivity index is 1.96. The Morgan fingerprint density at radius 1 is 1.19 bits per heavy atom. The third kappa shape index (κ3) is 2.69. The van der Waals surface area contributed by atoms with Crippen molar-refractivity contribution in [3.8, 4) is 0 Å². The molecule has 0 heterocycles. The number of benzene rings is 1. The third-order valence-electron chi connectivity index (χ3n) is 2.53. The van der Waals surface area contributed by atoms with Gasteiger partial charge in [0.15, 0.2) is 0 Å². The van der Waals surface area contributed by atoms with Gasteiger partial charge in [0.05, 0.1) is 5.56 Å². The lowest BCUT2D eigenvalue weighted by molar-refractivity contribution is 0.0354. The summed E-state index contributed by atoms with van der Waals surface area (Å²) >= 11 is 0. The lowest BCUT2D eigenvalue weighted by Crippen LogP contribution is -2.20. The minimum atomic E-state index is -0.897. The van der Waals surface area contributed by atoms with Crippen molar-refractivity contribution in [2.45, 2.75) is 25.1 Å². The van der Waals surface area contributed by atoms with Crippen molar-refractivity contribution < 1.29 is 13.9 Å². The second kappa shape index (κ2) is 4.92. The zero-order valence-corrected chi connectivity index (χ0v) is 8.80. The molecule has 0 unspecified atom stereocenters. The molecular formula is C13H13FO2. The van der Waals surface area contributed by atoms with E-state index in [1.807, 2.05) is 6.07 Å². The monoisotopic (exact) mass is 220 g/mol. The number of hydrogen-bond donors (Lipinski definition) is 0. The predicted octanol–water partition coefficient (Wildman–Crippen LogP) is 2.90. The smallest absolute Gasteiger partial charge is 0.338 e. The minimum Gasteiger partial charge on any atom is -0.455 e. The molecule has 1 aliphatic rings. The number of rotatable bonds is 2. The molecule has 3 heteroatoms. The molecule has 0 spiro atoms. The summed E-state index contributed by atoms with van der Waals surface area (Å²) in [4.78, 5) is 11.6. The maximum atomic E-state index is 12.8. The van der Waals surface area contributed by atoms with Gasteiger partial charge in [0, 0.05) is 0 Å². The fourth-order valence-corrected chi connectivity index (χ4v) is 1.64. The van der Waals surface area contributed by atoms with E-state index in [-0.39, 0.29) is 12.1 Å². The molecule has 84 valence electrons. The molecule has 1 aromatic carbocycles. The van der Waals surface area contributed by atoms with Gasteiger partial charge in [-0.2, -0.15) is 0 Å². The van der Waals surface area contributed by atoms with Crippen LogP contribution in [-0.4, -0.2) is 18.2 Å². The summed E-state index contributed by atoms with van der Waals surface area (Å²) in [6, 6.07) is 8.81. The number of alkyl halides is 1. The molecule has 0 fully saturated rings. The van der Waals surface area contributed by atoms with Crippen molar-refractivity contribution in [1.29, 1.82) is 0 Å². The van der Waals surface area contributed by atoms with E-state index in [0.717, 1.165) is 0 Å². The van der Waals surface area contributed by atoms with Gasteiger partial charge in [-0.05, 0) is 31.1 Å². The van der Waals surface area contributed by atoms with Crippen LogP contribution in [0.1, 0.15) is 23.2 Å². The molecule has 1 aromatic rings. The van der Waals surface area contributed by atoms with Crippen molar-refractivity contribution >= 4 is 5.97 Å². The van der Waals surface area contributed by atoms with Gasteiger partial charge in [-0.3, -0.25) is 0 Å². The van der Waals surface area contributed by atoms with Gasteiger partial charge in [0.25, 0.3) is 0 Å². The summed E-state index contributed by atoms with van der Waals surface area (Å²) in [6.07, 6.45) is 2.85. The molecule has 2 atom stereocenters. The Labute approximate surface area is 93.7 Å². The average molecular weight is 220 g/mol. The van der Waals surface area contributed by atoms with Gasteiger partial charge >= 0.3 is 5.97 Å². The average Bonchev–Trinajstić information content (AvgIpc) is 2.33. The number of carbonyl (C=O) groups excluding carboxylic acids is 1. The molecule has 2 rings (SSSR count). The lowest BCUT2D eigenvalue weighted by atomic mass is 10.0. The number of hydrogen-bond acceptors (Lipinski definition) is 2. The van der Waals surface area contributed by atoms with Crippen molar-refractivity contribution in [3.05, 3.63) is 48.0 Å². The van der Waals surface area contributed by atoms with E-state index in [4.69, 9.17) is 4.74 Å². The zero-order chi connectivity index (χ0) is 11.4. The third-order valence-corrected chi connectivity index (χ3v) is 2.53.